The van der Waals surface area contributed by atoms with Gasteiger partial charge in [-0.2, -0.15) is 0 Å². The molecular formula is C11H23N. The molecule has 1 aliphatic rings. The molecule has 0 N–H and O–H groups in total. The standard InChI is InChI=1S/C11H23N/c1-11(2)7-6-10-12-8-4-3-5-9-12/h11H,3-10H2,1-2H3. The summed E-state index contributed by atoms with van der Waals surface area (Å²) in [5, 5.41) is 0. The SMILES string of the molecule is CC(C)CCCN1CCCCC1. The molecule has 0 amide bonds. The summed E-state index contributed by atoms with van der Waals surface area (Å²) in [7, 11) is 0. The van der Waals surface area contributed by atoms with Gasteiger partial charge in [-0.1, -0.05) is 20.3 Å². The molecule has 1 nitrogen and oxygen atoms in total. The Bertz CT molecular complexity index is 104. The largest absolute Gasteiger partial charge is 0.303 e. The van der Waals surface area contributed by atoms with Gasteiger partial charge in [0.1, 0.15) is 0 Å². The minimum absolute atomic E-state index is 0.884. The normalized spacial score (nSPS) is 20.2. The number of piperidine rings is 1. The quantitative estimate of drug-likeness (QED) is 0.625. The highest BCUT2D eigenvalue weighted by Gasteiger charge is 2.08. The highest BCUT2D eigenvalue weighted by molar-refractivity contribution is 4.64. The first-order valence-electron chi connectivity index (χ1n) is 5.51. The van der Waals surface area contributed by atoms with Crippen LogP contribution in [0.5, 0.6) is 0 Å². The lowest BCUT2D eigenvalue weighted by Crippen LogP contribution is -2.30. The fourth-order valence-electron chi connectivity index (χ4n) is 1.91. The first-order chi connectivity index (χ1) is 5.79. The third-order valence-corrected chi connectivity index (χ3v) is 2.70. The molecule has 0 spiro atoms. The number of nitrogens with zero attached hydrogens (tertiary/aromatic N) is 1. The fourth-order valence-corrected chi connectivity index (χ4v) is 1.91. The lowest BCUT2D eigenvalue weighted by Gasteiger charge is -2.26. The van der Waals surface area contributed by atoms with Gasteiger partial charge in [-0.25, -0.2) is 0 Å². The lowest BCUT2D eigenvalue weighted by atomic mass is 10.1. The highest BCUT2D eigenvalue weighted by Crippen LogP contribution is 2.11. The van der Waals surface area contributed by atoms with E-state index in [1.54, 1.807) is 0 Å². The van der Waals surface area contributed by atoms with Crippen molar-refractivity contribution in [3.05, 3.63) is 0 Å². The van der Waals surface area contributed by atoms with Crippen molar-refractivity contribution in [2.75, 3.05) is 19.6 Å². The summed E-state index contributed by atoms with van der Waals surface area (Å²) in [6.45, 7) is 8.70. The molecule has 0 saturated carbocycles. The van der Waals surface area contributed by atoms with Crippen LogP contribution in [-0.2, 0) is 0 Å². The Morgan fingerprint density at radius 3 is 2.33 bits per heavy atom. The molecule has 1 heteroatoms. The van der Waals surface area contributed by atoms with Crippen LogP contribution in [0.4, 0.5) is 0 Å². The van der Waals surface area contributed by atoms with Crippen LogP contribution in [0.15, 0.2) is 0 Å². The third-order valence-electron chi connectivity index (χ3n) is 2.70. The van der Waals surface area contributed by atoms with E-state index in [0.29, 0.717) is 0 Å². The Morgan fingerprint density at radius 1 is 1.08 bits per heavy atom. The van der Waals surface area contributed by atoms with Gasteiger partial charge in [-0.15, -0.1) is 0 Å². The van der Waals surface area contributed by atoms with Crippen LogP contribution < -0.4 is 0 Å². The highest BCUT2D eigenvalue weighted by atomic mass is 15.1. The second-order valence-corrected chi connectivity index (χ2v) is 4.44. The van der Waals surface area contributed by atoms with E-state index in [4.69, 9.17) is 0 Å². The second kappa shape index (κ2) is 5.58. The molecular weight excluding hydrogens is 146 g/mol. The summed E-state index contributed by atoms with van der Waals surface area (Å²) in [5.41, 5.74) is 0. The molecule has 1 heterocycles. The molecule has 1 fully saturated rings. The van der Waals surface area contributed by atoms with E-state index in [2.05, 4.69) is 18.7 Å². The van der Waals surface area contributed by atoms with E-state index in [9.17, 15) is 0 Å². The van der Waals surface area contributed by atoms with Gasteiger partial charge in [0.15, 0.2) is 0 Å². The number of hydrogen-bond acceptors (Lipinski definition) is 1. The summed E-state index contributed by atoms with van der Waals surface area (Å²) in [5.74, 6) is 0.884. The molecule has 12 heavy (non-hydrogen) atoms. The Hall–Kier alpha value is -0.0400. The smallest absolute Gasteiger partial charge is 0.00186 e. The zero-order valence-corrected chi connectivity index (χ0v) is 8.68. The maximum Gasteiger partial charge on any atom is -0.00186 e. The zero-order valence-electron chi connectivity index (χ0n) is 8.68. The van der Waals surface area contributed by atoms with E-state index in [1.165, 1.54) is 51.7 Å². The van der Waals surface area contributed by atoms with Crippen molar-refractivity contribution in [2.24, 2.45) is 5.92 Å². The maximum absolute atomic E-state index is 2.63. The molecule has 1 rings (SSSR count). The molecule has 0 atom stereocenters. The lowest BCUT2D eigenvalue weighted by molar-refractivity contribution is 0.221. The van der Waals surface area contributed by atoms with Gasteiger partial charge in [0.2, 0.25) is 0 Å². The zero-order chi connectivity index (χ0) is 8.81. The van der Waals surface area contributed by atoms with E-state index in [1.807, 2.05) is 0 Å². The first kappa shape index (κ1) is 10.0. The maximum atomic E-state index is 2.63. The molecule has 0 aromatic rings. The van der Waals surface area contributed by atoms with Crippen LogP contribution >= 0.6 is 0 Å². The molecule has 0 aliphatic carbocycles. The van der Waals surface area contributed by atoms with Crippen molar-refractivity contribution in [3.63, 3.8) is 0 Å². The Balaban J connectivity index is 1.98. The fraction of sp³-hybridized carbons (Fsp3) is 1.00. The average Bonchev–Trinajstić information content (AvgIpc) is 2.05. The van der Waals surface area contributed by atoms with Gasteiger partial charge in [0, 0.05) is 0 Å². The Kier molecular flexibility index (Phi) is 4.67. The van der Waals surface area contributed by atoms with Crippen LogP contribution in [0.3, 0.4) is 0 Å². The molecule has 0 aromatic carbocycles. The van der Waals surface area contributed by atoms with Crippen molar-refractivity contribution in [1.82, 2.24) is 4.90 Å². The van der Waals surface area contributed by atoms with Crippen LogP contribution in [0.25, 0.3) is 0 Å². The van der Waals surface area contributed by atoms with E-state index in [-0.39, 0.29) is 0 Å². The Labute approximate surface area is 77.1 Å². The van der Waals surface area contributed by atoms with Crippen molar-refractivity contribution in [3.8, 4) is 0 Å². The van der Waals surface area contributed by atoms with Gasteiger partial charge < -0.3 is 4.90 Å². The summed E-state index contributed by atoms with van der Waals surface area (Å²) in [4.78, 5) is 2.63. The predicted molar refractivity (Wildman–Crippen MR) is 54.4 cm³/mol. The summed E-state index contributed by atoms with van der Waals surface area (Å²) in [6.07, 6.45) is 7.12. The Morgan fingerprint density at radius 2 is 1.75 bits per heavy atom. The average molecular weight is 169 g/mol. The molecule has 1 aliphatic heterocycles. The van der Waals surface area contributed by atoms with Gasteiger partial charge in [-0.05, 0) is 51.2 Å². The molecule has 0 radical (unpaired) electrons. The number of hydrogen-bond donors (Lipinski definition) is 0. The van der Waals surface area contributed by atoms with Gasteiger partial charge in [0.05, 0.1) is 0 Å². The third kappa shape index (κ3) is 4.10. The topological polar surface area (TPSA) is 3.24 Å². The van der Waals surface area contributed by atoms with Crippen LogP contribution in [0.1, 0.15) is 46.0 Å². The minimum Gasteiger partial charge on any atom is -0.303 e. The van der Waals surface area contributed by atoms with E-state index >= 15 is 0 Å². The van der Waals surface area contributed by atoms with Crippen molar-refractivity contribution in [2.45, 2.75) is 46.0 Å². The van der Waals surface area contributed by atoms with Crippen LogP contribution in [-0.4, -0.2) is 24.5 Å². The van der Waals surface area contributed by atoms with Gasteiger partial charge in [-0.3, -0.25) is 0 Å². The molecule has 0 bridgehead atoms. The monoisotopic (exact) mass is 169 g/mol. The van der Waals surface area contributed by atoms with E-state index < -0.39 is 0 Å². The summed E-state index contributed by atoms with van der Waals surface area (Å²) in [6, 6.07) is 0. The van der Waals surface area contributed by atoms with Crippen molar-refractivity contribution >= 4 is 0 Å². The van der Waals surface area contributed by atoms with Gasteiger partial charge >= 0.3 is 0 Å². The van der Waals surface area contributed by atoms with E-state index in [0.717, 1.165) is 5.92 Å². The second-order valence-electron chi connectivity index (χ2n) is 4.44. The molecule has 0 unspecified atom stereocenters. The molecule has 0 aromatic heterocycles. The predicted octanol–water partition coefficient (Wildman–Crippen LogP) is 2.91. The van der Waals surface area contributed by atoms with Crippen LogP contribution in [0.2, 0.25) is 0 Å². The molecule has 72 valence electrons. The van der Waals surface area contributed by atoms with Crippen LogP contribution in [0, 0.1) is 5.92 Å². The van der Waals surface area contributed by atoms with Gasteiger partial charge in [0.25, 0.3) is 0 Å². The summed E-state index contributed by atoms with van der Waals surface area (Å²) >= 11 is 0. The summed E-state index contributed by atoms with van der Waals surface area (Å²) < 4.78 is 0. The molecule has 1 saturated heterocycles. The number of rotatable bonds is 4. The van der Waals surface area contributed by atoms with Crippen molar-refractivity contribution in [1.29, 1.82) is 0 Å². The number of likely N-dealkylation sites (tertiary alicyclic amines) is 1. The first-order valence-corrected chi connectivity index (χ1v) is 5.51. The van der Waals surface area contributed by atoms with Crippen molar-refractivity contribution < 1.29 is 0 Å². The minimum atomic E-state index is 0.884.